The van der Waals surface area contributed by atoms with Gasteiger partial charge in [0.2, 0.25) is 0 Å². The van der Waals surface area contributed by atoms with E-state index in [0.29, 0.717) is 6.42 Å². The molecule has 0 fully saturated rings. The number of aliphatic hydroxyl groups is 1. The molecule has 10 heteroatoms. The van der Waals surface area contributed by atoms with Crippen LogP contribution in [0.25, 0.3) is 0 Å². The van der Waals surface area contributed by atoms with Gasteiger partial charge in [-0.05, 0) is 0 Å². The Morgan fingerprint density at radius 3 is 2.48 bits per heavy atom. The second kappa shape index (κ2) is 6.97. The Kier molecular flexibility index (Phi) is 6.06. The van der Waals surface area contributed by atoms with Crippen LogP contribution < -0.4 is 9.20 Å². The fourth-order valence-electron chi connectivity index (χ4n) is 1.38. The number of rotatable bonds is 6. The molecule has 1 atom stereocenters. The Bertz CT molecular complexity index is 588. The van der Waals surface area contributed by atoms with Crippen LogP contribution in [0.1, 0.15) is 25.0 Å². The summed E-state index contributed by atoms with van der Waals surface area (Å²) in [6.45, 7) is 1.67. The fraction of sp³-hybridized carbons (Fsp3) is 0.455. The second-order valence-electron chi connectivity index (χ2n) is 3.85. The molecule has 5 nitrogen and oxygen atoms in total. The standard InChI is InChI=1S/C11H13F3O5SSe/c1-3-8(15)7-5-4-6-9(18-2)10(7)21-19-20(16,17)11(12,13)14/h4-6,8,15H,3H2,1-2H3/t8-/m0/s1. The quantitative estimate of drug-likeness (QED) is 0.582. The summed E-state index contributed by atoms with van der Waals surface area (Å²) < 4.78 is 67.8. The zero-order chi connectivity index (χ0) is 16.3. The predicted molar refractivity (Wildman–Crippen MR) is 69.7 cm³/mol. The molecule has 0 aromatic heterocycles. The van der Waals surface area contributed by atoms with Gasteiger partial charge in [-0.15, -0.1) is 0 Å². The van der Waals surface area contributed by atoms with Gasteiger partial charge in [-0.1, -0.05) is 0 Å². The van der Waals surface area contributed by atoms with E-state index < -0.39 is 37.0 Å². The number of hydrogen-bond acceptors (Lipinski definition) is 5. The van der Waals surface area contributed by atoms with Crippen molar-refractivity contribution in [1.29, 1.82) is 0 Å². The summed E-state index contributed by atoms with van der Waals surface area (Å²) >= 11 is -1.52. The van der Waals surface area contributed by atoms with Crippen molar-refractivity contribution >= 4 is 29.9 Å². The zero-order valence-electron chi connectivity index (χ0n) is 11.0. The van der Waals surface area contributed by atoms with E-state index >= 15 is 0 Å². The van der Waals surface area contributed by atoms with Gasteiger partial charge in [0, 0.05) is 0 Å². The van der Waals surface area contributed by atoms with Crippen LogP contribution in [0.5, 0.6) is 5.75 Å². The van der Waals surface area contributed by atoms with E-state index in [0.717, 1.165) is 0 Å². The molecule has 0 aliphatic heterocycles. The zero-order valence-corrected chi connectivity index (χ0v) is 13.6. The normalized spacial score (nSPS) is 14.0. The van der Waals surface area contributed by atoms with Gasteiger partial charge >= 0.3 is 126 Å². The summed E-state index contributed by atoms with van der Waals surface area (Å²) in [6.07, 6.45) is -0.642. The Morgan fingerprint density at radius 1 is 1.38 bits per heavy atom. The third kappa shape index (κ3) is 4.33. The number of hydrogen-bond donors (Lipinski definition) is 1. The molecule has 0 heterocycles. The van der Waals surface area contributed by atoms with E-state index in [1.807, 2.05) is 0 Å². The van der Waals surface area contributed by atoms with Gasteiger partial charge in [-0.2, -0.15) is 0 Å². The summed E-state index contributed by atoms with van der Waals surface area (Å²) in [5.41, 5.74) is -5.20. The Balaban J connectivity index is 3.13. The van der Waals surface area contributed by atoms with E-state index in [1.54, 1.807) is 13.0 Å². The van der Waals surface area contributed by atoms with Crippen molar-refractivity contribution in [2.45, 2.75) is 25.0 Å². The molecule has 0 saturated heterocycles. The minimum absolute atomic E-state index is 0.120. The van der Waals surface area contributed by atoms with E-state index in [2.05, 4.69) is 3.27 Å². The first kappa shape index (κ1) is 18.2. The van der Waals surface area contributed by atoms with Crippen LogP contribution in [0.3, 0.4) is 0 Å². The van der Waals surface area contributed by atoms with Gasteiger partial charge in [0.25, 0.3) is 0 Å². The second-order valence-corrected chi connectivity index (χ2v) is 7.42. The molecule has 120 valence electrons. The third-order valence-electron chi connectivity index (χ3n) is 2.47. The van der Waals surface area contributed by atoms with Gasteiger partial charge in [0.15, 0.2) is 0 Å². The molecule has 0 aliphatic rings. The molecule has 0 spiro atoms. The van der Waals surface area contributed by atoms with Crippen molar-refractivity contribution in [3.63, 3.8) is 0 Å². The van der Waals surface area contributed by atoms with Gasteiger partial charge in [-0.3, -0.25) is 0 Å². The first-order valence-electron chi connectivity index (χ1n) is 5.66. The van der Waals surface area contributed by atoms with Crippen LogP contribution in [0.15, 0.2) is 18.2 Å². The number of ether oxygens (including phenoxy) is 1. The van der Waals surface area contributed by atoms with Crippen molar-refractivity contribution in [1.82, 2.24) is 0 Å². The van der Waals surface area contributed by atoms with Crippen LogP contribution in [0, 0.1) is 0 Å². The van der Waals surface area contributed by atoms with E-state index in [4.69, 9.17) is 4.74 Å². The fourth-order valence-corrected chi connectivity index (χ4v) is 4.21. The molecule has 0 bridgehead atoms. The molecule has 1 aromatic carbocycles. The van der Waals surface area contributed by atoms with E-state index in [-0.39, 0.29) is 15.8 Å². The van der Waals surface area contributed by atoms with Crippen LogP contribution in [0.2, 0.25) is 0 Å². The maximum absolute atomic E-state index is 12.3. The molecular weight excluding hydrogens is 380 g/mol. The van der Waals surface area contributed by atoms with E-state index in [9.17, 15) is 26.7 Å². The molecule has 21 heavy (non-hydrogen) atoms. The Hall–Kier alpha value is -0.801. The summed E-state index contributed by atoms with van der Waals surface area (Å²) in [7, 11) is -4.39. The van der Waals surface area contributed by atoms with Crippen LogP contribution in [-0.2, 0) is 13.4 Å². The van der Waals surface area contributed by atoms with Crippen molar-refractivity contribution < 1.29 is 34.7 Å². The van der Waals surface area contributed by atoms with Crippen molar-refractivity contribution in [3.05, 3.63) is 23.8 Å². The molecule has 0 saturated carbocycles. The summed E-state index contributed by atoms with van der Waals surface area (Å²) in [5.74, 6) is 0.164. The number of alkyl halides is 3. The predicted octanol–water partition coefficient (Wildman–Crippen LogP) is 1.25. The average molecular weight is 393 g/mol. The van der Waals surface area contributed by atoms with Crippen LogP contribution >= 0.6 is 0 Å². The summed E-state index contributed by atoms with van der Waals surface area (Å²) in [6, 6.07) is 4.48. The molecule has 1 aromatic rings. The number of aliphatic hydroxyl groups excluding tert-OH is 1. The van der Waals surface area contributed by atoms with Crippen molar-refractivity contribution in [2.24, 2.45) is 0 Å². The Labute approximate surface area is 126 Å². The summed E-state index contributed by atoms with van der Waals surface area (Å²) in [4.78, 5) is 0. The monoisotopic (exact) mass is 394 g/mol. The van der Waals surface area contributed by atoms with Crippen molar-refractivity contribution in [2.75, 3.05) is 7.11 Å². The van der Waals surface area contributed by atoms with Gasteiger partial charge in [-0.25, -0.2) is 0 Å². The molecular formula is C11H13F3O5SSe. The third-order valence-corrected chi connectivity index (χ3v) is 6.10. The summed E-state index contributed by atoms with van der Waals surface area (Å²) in [5, 5.41) is 9.85. The molecule has 1 N–H and O–H groups in total. The van der Waals surface area contributed by atoms with Crippen molar-refractivity contribution in [3.8, 4) is 5.75 Å². The molecule has 0 unspecified atom stereocenters. The topological polar surface area (TPSA) is 72.8 Å². The SMILES string of the molecule is CC[C@H](O)c1cccc(OC)c1[Se]OS(=O)(=O)C(F)(F)F. The first-order chi connectivity index (χ1) is 9.64. The minimum atomic E-state index is -5.68. The molecule has 1 rings (SSSR count). The van der Waals surface area contributed by atoms with E-state index in [1.165, 1.54) is 19.2 Å². The average Bonchev–Trinajstić information content (AvgIpc) is 2.42. The number of methoxy groups -OCH3 is 1. The molecule has 0 radical (unpaired) electrons. The van der Waals surface area contributed by atoms with Gasteiger partial charge in [0.1, 0.15) is 0 Å². The van der Waals surface area contributed by atoms with Crippen LogP contribution in [0.4, 0.5) is 13.2 Å². The van der Waals surface area contributed by atoms with Gasteiger partial charge < -0.3 is 0 Å². The van der Waals surface area contributed by atoms with Crippen LogP contribution in [-0.4, -0.2) is 41.4 Å². The number of benzene rings is 1. The number of halogens is 3. The Morgan fingerprint density at radius 2 is 2.00 bits per heavy atom. The molecule has 0 amide bonds. The van der Waals surface area contributed by atoms with Gasteiger partial charge in [0.05, 0.1) is 0 Å². The first-order valence-corrected chi connectivity index (χ1v) is 8.62. The molecule has 0 aliphatic carbocycles. The maximum atomic E-state index is 12.3.